The van der Waals surface area contributed by atoms with E-state index in [0.717, 1.165) is 10.9 Å². The van der Waals surface area contributed by atoms with Crippen LogP contribution in [-0.4, -0.2) is 15.7 Å². The van der Waals surface area contributed by atoms with E-state index in [4.69, 9.17) is 0 Å². The van der Waals surface area contributed by atoms with Crippen LogP contribution < -0.4 is 10.7 Å². The van der Waals surface area contributed by atoms with Crippen LogP contribution in [0.2, 0.25) is 0 Å². The van der Waals surface area contributed by atoms with Crippen LogP contribution in [0.5, 0.6) is 0 Å². The zero-order chi connectivity index (χ0) is 18.8. The standard InChI is InChI=1S/C22H19N3O2/c1-15(17-11-10-16-6-2-3-7-18(16)12-17)24-22(27)14-25-20-9-5-4-8-19(20)21(26)13-23-25/h2-13,15H,14H2,1H3,(H,24,27). The number of nitrogens with zero attached hydrogens (tertiary/aromatic N) is 2. The third-order valence-electron chi connectivity index (χ3n) is 4.71. The van der Waals surface area contributed by atoms with Gasteiger partial charge in [-0.25, -0.2) is 0 Å². The molecule has 0 spiro atoms. The number of fused-ring (bicyclic) bond motifs is 2. The summed E-state index contributed by atoms with van der Waals surface area (Å²) in [5, 5.41) is 9.99. The molecule has 0 saturated carbocycles. The van der Waals surface area contributed by atoms with Gasteiger partial charge in [0.1, 0.15) is 6.54 Å². The fourth-order valence-corrected chi connectivity index (χ4v) is 3.27. The predicted molar refractivity (Wildman–Crippen MR) is 107 cm³/mol. The van der Waals surface area contributed by atoms with Gasteiger partial charge < -0.3 is 5.32 Å². The summed E-state index contributed by atoms with van der Waals surface area (Å²) in [7, 11) is 0. The average Bonchev–Trinajstić information content (AvgIpc) is 2.70. The van der Waals surface area contributed by atoms with Gasteiger partial charge in [0.15, 0.2) is 0 Å². The van der Waals surface area contributed by atoms with E-state index in [1.165, 1.54) is 11.6 Å². The SMILES string of the molecule is CC(NC(=O)Cn1ncc(=O)c2ccccc21)c1ccc2ccccc2c1. The first-order chi connectivity index (χ1) is 13.1. The molecular weight excluding hydrogens is 338 g/mol. The maximum atomic E-state index is 12.5. The molecule has 4 aromatic rings. The van der Waals surface area contributed by atoms with Crippen LogP contribution in [0.25, 0.3) is 21.7 Å². The van der Waals surface area contributed by atoms with Crippen molar-refractivity contribution >= 4 is 27.6 Å². The van der Waals surface area contributed by atoms with E-state index < -0.39 is 0 Å². The Balaban J connectivity index is 1.54. The molecule has 1 amide bonds. The third-order valence-corrected chi connectivity index (χ3v) is 4.71. The number of amides is 1. The van der Waals surface area contributed by atoms with Gasteiger partial charge in [-0.2, -0.15) is 5.10 Å². The van der Waals surface area contributed by atoms with Crippen molar-refractivity contribution in [3.8, 4) is 0 Å². The van der Waals surface area contributed by atoms with Crippen molar-refractivity contribution in [2.45, 2.75) is 19.5 Å². The molecular formula is C22H19N3O2. The molecule has 1 heterocycles. The lowest BCUT2D eigenvalue weighted by atomic mass is 10.0. The van der Waals surface area contributed by atoms with Crippen LogP contribution in [0, 0.1) is 0 Å². The lowest BCUT2D eigenvalue weighted by Gasteiger charge is -2.16. The average molecular weight is 357 g/mol. The second-order valence-electron chi connectivity index (χ2n) is 6.58. The third kappa shape index (κ3) is 3.44. The molecule has 0 aliphatic heterocycles. The number of rotatable bonds is 4. The zero-order valence-corrected chi connectivity index (χ0v) is 14.9. The summed E-state index contributed by atoms with van der Waals surface area (Å²) in [6.07, 6.45) is 1.25. The quantitative estimate of drug-likeness (QED) is 0.609. The molecule has 1 N–H and O–H groups in total. The highest BCUT2D eigenvalue weighted by molar-refractivity contribution is 5.84. The van der Waals surface area contributed by atoms with Crippen molar-refractivity contribution in [3.63, 3.8) is 0 Å². The van der Waals surface area contributed by atoms with Gasteiger partial charge in [-0.15, -0.1) is 0 Å². The van der Waals surface area contributed by atoms with E-state index in [0.29, 0.717) is 10.9 Å². The van der Waals surface area contributed by atoms with Crippen molar-refractivity contribution in [2.75, 3.05) is 0 Å². The number of nitrogens with one attached hydrogen (secondary N) is 1. The molecule has 0 radical (unpaired) electrons. The van der Waals surface area contributed by atoms with Gasteiger partial charge in [-0.1, -0.05) is 48.5 Å². The Morgan fingerprint density at radius 1 is 1.04 bits per heavy atom. The minimum absolute atomic E-state index is 0.0543. The minimum Gasteiger partial charge on any atom is -0.348 e. The normalized spacial score (nSPS) is 12.2. The highest BCUT2D eigenvalue weighted by Gasteiger charge is 2.12. The van der Waals surface area contributed by atoms with Gasteiger partial charge >= 0.3 is 0 Å². The van der Waals surface area contributed by atoms with Crippen molar-refractivity contribution in [1.29, 1.82) is 0 Å². The highest BCUT2D eigenvalue weighted by atomic mass is 16.2. The monoisotopic (exact) mass is 357 g/mol. The molecule has 4 rings (SSSR count). The minimum atomic E-state index is -0.156. The van der Waals surface area contributed by atoms with Crippen molar-refractivity contribution < 1.29 is 4.79 Å². The first kappa shape index (κ1) is 17.0. The summed E-state index contributed by atoms with van der Waals surface area (Å²) in [5.41, 5.74) is 1.55. The van der Waals surface area contributed by atoms with Gasteiger partial charge in [-0.05, 0) is 41.5 Å². The Morgan fingerprint density at radius 3 is 2.63 bits per heavy atom. The number of hydrogen-bond donors (Lipinski definition) is 1. The van der Waals surface area contributed by atoms with Crippen LogP contribution in [0.1, 0.15) is 18.5 Å². The molecule has 0 aliphatic carbocycles. The molecule has 5 nitrogen and oxygen atoms in total. The molecule has 0 fully saturated rings. The second kappa shape index (κ2) is 7.03. The molecule has 134 valence electrons. The molecule has 1 aromatic heterocycles. The molecule has 3 aromatic carbocycles. The van der Waals surface area contributed by atoms with E-state index in [2.05, 4.69) is 34.7 Å². The fourth-order valence-electron chi connectivity index (χ4n) is 3.27. The zero-order valence-electron chi connectivity index (χ0n) is 14.9. The van der Waals surface area contributed by atoms with Crippen LogP contribution in [0.3, 0.4) is 0 Å². The molecule has 1 atom stereocenters. The lowest BCUT2D eigenvalue weighted by Crippen LogP contribution is -2.31. The van der Waals surface area contributed by atoms with Gasteiger partial charge in [0.2, 0.25) is 11.3 Å². The van der Waals surface area contributed by atoms with Crippen LogP contribution >= 0.6 is 0 Å². The number of para-hydroxylation sites is 1. The van der Waals surface area contributed by atoms with E-state index in [-0.39, 0.29) is 23.9 Å². The molecule has 0 bridgehead atoms. The van der Waals surface area contributed by atoms with Gasteiger partial charge in [-0.3, -0.25) is 14.3 Å². The van der Waals surface area contributed by atoms with Gasteiger partial charge in [0, 0.05) is 5.39 Å². The second-order valence-corrected chi connectivity index (χ2v) is 6.58. The predicted octanol–water partition coefficient (Wildman–Crippen LogP) is 3.43. The van der Waals surface area contributed by atoms with Gasteiger partial charge in [0.25, 0.3) is 0 Å². The number of hydrogen-bond acceptors (Lipinski definition) is 3. The maximum Gasteiger partial charge on any atom is 0.242 e. The van der Waals surface area contributed by atoms with Crippen LogP contribution in [0.4, 0.5) is 0 Å². The van der Waals surface area contributed by atoms with E-state index in [9.17, 15) is 9.59 Å². The largest absolute Gasteiger partial charge is 0.348 e. The first-order valence-corrected chi connectivity index (χ1v) is 8.85. The number of carbonyl (C=O) groups is 1. The van der Waals surface area contributed by atoms with Crippen molar-refractivity contribution in [1.82, 2.24) is 15.1 Å². The maximum absolute atomic E-state index is 12.5. The summed E-state index contributed by atoms with van der Waals surface area (Å²) in [6.45, 7) is 2.01. The van der Waals surface area contributed by atoms with Gasteiger partial charge in [0.05, 0.1) is 17.8 Å². The topological polar surface area (TPSA) is 64.0 Å². The van der Waals surface area contributed by atoms with Crippen LogP contribution in [-0.2, 0) is 11.3 Å². The first-order valence-electron chi connectivity index (χ1n) is 8.85. The van der Waals surface area contributed by atoms with E-state index in [1.54, 1.807) is 22.9 Å². The molecule has 1 unspecified atom stereocenters. The van der Waals surface area contributed by atoms with Crippen molar-refractivity contribution in [3.05, 3.63) is 88.7 Å². The highest BCUT2D eigenvalue weighted by Crippen LogP contribution is 2.20. The fraction of sp³-hybridized carbons (Fsp3) is 0.136. The Hall–Kier alpha value is -3.47. The summed E-state index contributed by atoms with van der Waals surface area (Å²) in [5.74, 6) is -0.156. The van der Waals surface area contributed by atoms with E-state index in [1.807, 2.05) is 31.2 Å². The Bertz CT molecular complexity index is 1200. The number of aromatic nitrogens is 2. The Morgan fingerprint density at radius 2 is 1.78 bits per heavy atom. The summed E-state index contributed by atoms with van der Waals surface area (Å²) < 4.78 is 1.55. The molecule has 0 aliphatic rings. The van der Waals surface area contributed by atoms with E-state index >= 15 is 0 Å². The smallest absolute Gasteiger partial charge is 0.242 e. The lowest BCUT2D eigenvalue weighted by molar-refractivity contribution is -0.122. The van der Waals surface area contributed by atoms with Crippen LogP contribution in [0.15, 0.2) is 77.7 Å². The molecule has 5 heteroatoms. The number of benzene rings is 3. The number of carbonyl (C=O) groups excluding carboxylic acids is 1. The Labute approximate surface area is 156 Å². The van der Waals surface area contributed by atoms with Crippen molar-refractivity contribution in [2.24, 2.45) is 0 Å². The summed E-state index contributed by atoms with van der Waals surface area (Å²) in [4.78, 5) is 24.4. The molecule has 0 saturated heterocycles. The summed E-state index contributed by atoms with van der Waals surface area (Å²) >= 11 is 0. The summed E-state index contributed by atoms with van der Waals surface area (Å²) in [6, 6.07) is 21.3. The molecule has 27 heavy (non-hydrogen) atoms. The Kier molecular flexibility index (Phi) is 4.42.